The van der Waals surface area contributed by atoms with E-state index in [1.165, 1.54) is 0 Å². The normalized spacial score (nSPS) is 11.1. The molecule has 0 saturated carbocycles. The van der Waals surface area contributed by atoms with Gasteiger partial charge in [-0.25, -0.2) is 0 Å². The van der Waals surface area contributed by atoms with Gasteiger partial charge in [-0.05, 0) is 55.2 Å². The van der Waals surface area contributed by atoms with Crippen molar-refractivity contribution in [2.45, 2.75) is 26.7 Å². The van der Waals surface area contributed by atoms with Crippen molar-refractivity contribution in [3.8, 4) is 23.0 Å². The van der Waals surface area contributed by atoms with Crippen LogP contribution in [0.15, 0.2) is 72.8 Å². The van der Waals surface area contributed by atoms with Crippen LogP contribution in [0.5, 0.6) is 0 Å². The maximum atomic E-state index is 12.9. The van der Waals surface area contributed by atoms with E-state index in [-0.39, 0.29) is 25.2 Å². The molecular weight excluding hydrogens is 494 g/mol. The summed E-state index contributed by atoms with van der Waals surface area (Å²) in [7, 11) is 0. The summed E-state index contributed by atoms with van der Waals surface area (Å²) in [6, 6.07) is 21.5. The SMILES string of the molecule is CCOCC#Cc1ccc(-c2ccc(C(=O)CC(CCN(C=O)C(=O)c3ccccc3C)C(=O)O)cc2)cc1. The molecule has 3 aromatic rings. The van der Waals surface area contributed by atoms with Crippen LogP contribution in [0.1, 0.15) is 51.6 Å². The second-order valence-corrected chi connectivity index (χ2v) is 8.96. The number of aryl methyl sites for hydroxylation is 1. The number of carboxylic acid groups (broad SMARTS) is 1. The number of carbonyl (C=O) groups excluding carboxylic acids is 3. The highest BCUT2D eigenvalue weighted by Gasteiger charge is 2.25. The van der Waals surface area contributed by atoms with Crippen molar-refractivity contribution >= 4 is 24.1 Å². The van der Waals surface area contributed by atoms with Crippen molar-refractivity contribution in [2.24, 2.45) is 5.92 Å². The van der Waals surface area contributed by atoms with Crippen LogP contribution < -0.4 is 0 Å². The number of Topliss-reactive ketones (excluding diaryl/α,β-unsaturated/α-hetero) is 1. The molecule has 0 aliphatic heterocycles. The fourth-order valence-corrected chi connectivity index (χ4v) is 4.00. The van der Waals surface area contributed by atoms with E-state index < -0.39 is 17.8 Å². The zero-order chi connectivity index (χ0) is 28.2. The molecule has 1 atom stereocenters. The number of benzene rings is 3. The number of amides is 2. The van der Waals surface area contributed by atoms with Crippen LogP contribution in [-0.2, 0) is 14.3 Å². The summed E-state index contributed by atoms with van der Waals surface area (Å²) in [5, 5.41) is 9.69. The number of ether oxygens (including phenoxy) is 1. The predicted molar refractivity (Wildman–Crippen MR) is 148 cm³/mol. The van der Waals surface area contributed by atoms with Gasteiger partial charge in [-0.1, -0.05) is 66.4 Å². The molecule has 1 N–H and O–H groups in total. The molecule has 1 unspecified atom stereocenters. The monoisotopic (exact) mass is 525 g/mol. The number of rotatable bonds is 12. The summed E-state index contributed by atoms with van der Waals surface area (Å²) in [5.74, 6) is 2.97. The van der Waals surface area contributed by atoms with E-state index in [4.69, 9.17) is 4.74 Å². The Morgan fingerprint density at radius 1 is 0.974 bits per heavy atom. The second-order valence-electron chi connectivity index (χ2n) is 8.96. The molecule has 0 spiro atoms. The summed E-state index contributed by atoms with van der Waals surface area (Å²) in [5.41, 5.74) is 4.22. The van der Waals surface area contributed by atoms with Gasteiger partial charge in [-0.15, -0.1) is 0 Å². The topological polar surface area (TPSA) is 101 Å². The minimum atomic E-state index is -1.15. The van der Waals surface area contributed by atoms with E-state index >= 15 is 0 Å². The van der Waals surface area contributed by atoms with Gasteiger partial charge < -0.3 is 9.84 Å². The van der Waals surface area contributed by atoms with Crippen molar-refractivity contribution in [2.75, 3.05) is 19.8 Å². The van der Waals surface area contributed by atoms with Gasteiger partial charge in [0, 0.05) is 36.3 Å². The number of aliphatic carboxylic acids is 1. The molecule has 3 rings (SSSR count). The molecule has 0 fully saturated rings. The van der Waals surface area contributed by atoms with Gasteiger partial charge in [0.05, 0.1) is 5.92 Å². The number of hydrogen-bond acceptors (Lipinski definition) is 5. The van der Waals surface area contributed by atoms with E-state index in [1.54, 1.807) is 43.3 Å². The van der Waals surface area contributed by atoms with Gasteiger partial charge in [-0.2, -0.15) is 0 Å². The van der Waals surface area contributed by atoms with Crippen molar-refractivity contribution in [3.63, 3.8) is 0 Å². The Labute approximate surface area is 228 Å². The first kappa shape index (κ1) is 29.0. The maximum absolute atomic E-state index is 12.9. The van der Waals surface area contributed by atoms with Gasteiger partial charge in [0.25, 0.3) is 5.91 Å². The minimum absolute atomic E-state index is 0.0324. The lowest BCUT2D eigenvalue weighted by Crippen LogP contribution is -2.33. The Hall–Kier alpha value is -4.54. The van der Waals surface area contributed by atoms with Crippen LogP contribution in [0.2, 0.25) is 0 Å². The fraction of sp³-hybridized carbons (Fsp3) is 0.250. The van der Waals surface area contributed by atoms with Crippen molar-refractivity contribution in [1.29, 1.82) is 0 Å². The molecular formula is C32H31NO6. The van der Waals surface area contributed by atoms with Gasteiger partial charge in [0.2, 0.25) is 6.41 Å². The molecule has 7 nitrogen and oxygen atoms in total. The largest absolute Gasteiger partial charge is 0.481 e. The zero-order valence-electron chi connectivity index (χ0n) is 22.1. The maximum Gasteiger partial charge on any atom is 0.307 e. The van der Waals surface area contributed by atoms with E-state index in [0.717, 1.165) is 21.6 Å². The third kappa shape index (κ3) is 8.22. The van der Waals surface area contributed by atoms with Crippen molar-refractivity contribution in [1.82, 2.24) is 4.90 Å². The molecule has 0 radical (unpaired) electrons. The highest BCUT2D eigenvalue weighted by atomic mass is 16.5. The Morgan fingerprint density at radius 2 is 1.62 bits per heavy atom. The third-order valence-corrected chi connectivity index (χ3v) is 6.30. The molecule has 0 aromatic heterocycles. The Kier molecular flexibility index (Phi) is 10.7. The minimum Gasteiger partial charge on any atom is -0.481 e. The standard InChI is InChI=1S/C32H31NO6/c1-3-39-20-6-8-24-10-12-25(13-11-24)26-14-16-27(17-15-26)30(35)21-28(32(37)38)18-19-33(22-34)31(36)29-9-5-4-7-23(29)2/h4-5,7,9-17,22,28H,3,18-21H2,1-2H3,(H,37,38). The highest BCUT2D eigenvalue weighted by Crippen LogP contribution is 2.22. The smallest absolute Gasteiger partial charge is 0.307 e. The lowest BCUT2D eigenvalue weighted by molar-refractivity contribution is -0.142. The van der Waals surface area contributed by atoms with Crippen molar-refractivity contribution in [3.05, 3.63) is 95.1 Å². The van der Waals surface area contributed by atoms with Crippen LogP contribution in [-0.4, -0.2) is 53.8 Å². The van der Waals surface area contributed by atoms with Crippen LogP contribution >= 0.6 is 0 Å². The molecule has 0 saturated heterocycles. The molecule has 7 heteroatoms. The lowest BCUT2D eigenvalue weighted by atomic mass is 9.94. The highest BCUT2D eigenvalue weighted by molar-refractivity contribution is 6.01. The Bertz CT molecular complexity index is 1370. The van der Waals surface area contributed by atoms with E-state index in [0.29, 0.717) is 36.3 Å². The molecule has 0 aliphatic carbocycles. The van der Waals surface area contributed by atoms with Gasteiger partial charge in [0.15, 0.2) is 5.78 Å². The predicted octanol–water partition coefficient (Wildman–Crippen LogP) is 5.01. The Morgan fingerprint density at radius 3 is 2.21 bits per heavy atom. The molecule has 39 heavy (non-hydrogen) atoms. The molecule has 0 bridgehead atoms. The van der Waals surface area contributed by atoms with Gasteiger partial charge in [0.1, 0.15) is 6.61 Å². The van der Waals surface area contributed by atoms with Gasteiger partial charge in [-0.3, -0.25) is 24.1 Å². The first-order valence-electron chi connectivity index (χ1n) is 12.7. The summed E-state index contributed by atoms with van der Waals surface area (Å²) in [6.45, 7) is 4.58. The van der Waals surface area contributed by atoms with Crippen LogP contribution in [0.4, 0.5) is 0 Å². The van der Waals surface area contributed by atoms with Crippen LogP contribution in [0.3, 0.4) is 0 Å². The first-order valence-corrected chi connectivity index (χ1v) is 12.7. The summed E-state index contributed by atoms with van der Waals surface area (Å²) >= 11 is 0. The van der Waals surface area contributed by atoms with E-state index in [2.05, 4.69) is 11.8 Å². The van der Waals surface area contributed by atoms with Crippen LogP contribution in [0, 0.1) is 24.7 Å². The van der Waals surface area contributed by atoms with E-state index in [9.17, 15) is 24.3 Å². The van der Waals surface area contributed by atoms with E-state index in [1.807, 2.05) is 43.3 Å². The first-order chi connectivity index (χ1) is 18.8. The third-order valence-electron chi connectivity index (χ3n) is 6.30. The number of imide groups is 1. The van der Waals surface area contributed by atoms with Crippen LogP contribution in [0.25, 0.3) is 11.1 Å². The van der Waals surface area contributed by atoms with Gasteiger partial charge >= 0.3 is 5.97 Å². The Balaban J connectivity index is 1.61. The molecule has 0 aliphatic rings. The summed E-state index contributed by atoms with van der Waals surface area (Å²) in [4.78, 5) is 50.0. The second kappa shape index (κ2) is 14.4. The summed E-state index contributed by atoms with van der Waals surface area (Å²) < 4.78 is 5.21. The number of carboxylic acids is 1. The molecule has 3 aromatic carbocycles. The lowest BCUT2D eigenvalue weighted by Gasteiger charge is -2.19. The average Bonchev–Trinajstić information content (AvgIpc) is 2.95. The molecule has 2 amide bonds. The number of ketones is 1. The fourth-order valence-electron chi connectivity index (χ4n) is 4.00. The quantitative estimate of drug-likeness (QED) is 0.154. The number of carbonyl (C=O) groups is 4. The van der Waals surface area contributed by atoms with Crippen molar-refractivity contribution < 1.29 is 29.0 Å². The number of nitrogens with zero attached hydrogens (tertiary/aromatic N) is 1. The summed E-state index contributed by atoms with van der Waals surface area (Å²) in [6.07, 6.45) is 0.124. The molecule has 200 valence electrons. The zero-order valence-corrected chi connectivity index (χ0v) is 22.1. The number of hydrogen-bond donors (Lipinski definition) is 1. The average molecular weight is 526 g/mol. The molecule has 0 heterocycles.